The maximum Gasteiger partial charge on any atom is 0.255 e. The summed E-state index contributed by atoms with van der Waals surface area (Å²) >= 11 is 0. The van der Waals surface area contributed by atoms with Crippen molar-refractivity contribution in [3.8, 4) is 11.8 Å². The van der Waals surface area contributed by atoms with Gasteiger partial charge in [0.05, 0.1) is 5.56 Å². The van der Waals surface area contributed by atoms with Crippen LogP contribution in [0.2, 0.25) is 0 Å². The van der Waals surface area contributed by atoms with Gasteiger partial charge in [0.25, 0.3) is 5.91 Å². The van der Waals surface area contributed by atoms with Crippen molar-refractivity contribution in [3.63, 3.8) is 0 Å². The van der Waals surface area contributed by atoms with Gasteiger partial charge >= 0.3 is 0 Å². The molecule has 1 N–H and O–H groups in total. The summed E-state index contributed by atoms with van der Waals surface area (Å²) in [5.41, 5.74) is 2.40. The highest BCUT2D eigenvalue weighted by Gasteiger charge is 2.41. The molecule has 196 valence electrons. The molecule has 6 rings (SSSR count). The number of likely N-dealkylation sites (tertiary alicyclic amines) is 1. The Hall–Kier alpha value is -3.77. The first-order chi connectivity index (χ1) is 18.4. The Bertz CT molecular complexity index is 1350. The van der Waals surface area contributed by atoms with E-state index in [-0.39, 0.29) is 41.9 Å². The summed E-state index contributed by atoms with van der Waals surface area (Å²) in [4.78, 5) is 40.8. The molecule has 2 aromatic carbocycles. The molecule has 3 heterocycles. The number of halogens is 1. The number of amides is 3. The lowest BCUT2D eigenvalue weighted by molar-refractivity contribution is -0.136. The van der Waals surface area contributed by atoms with Crippen molar-refractivity contribution in [2.24, 2.45) is 0 Å². The first-order valence-electron chi connectivity index (χ1n) is 13.3. The highest BCUT2D eigenvalue weighted by molar-refractivity contribution is 6.05. The molecule has 3 aliphatic heterocycles. The fourth-order valence-electron chi connectivity index (χ4n) is 6.30. The van der Waals surface area contributed by atoms with Gasteiger partial charge in [-0.05, 0) is 67.1 Å². The zero-order chi connectivity index (χ0) is 26.4. The van der Waals surface area contributed by atoms with Gasteiger partial charge in [0.1, 0.15) is 29.8 Å². The van der Waals surface area contributed by atoms with Gasteiger partial charge in [-0.3, -0.25) is 24.6 Å². The third-order valence-corrected chi connectivity index (χ3v) is 8.41. The van der Waals surface area contributed by atoms with Crippen molar-refractivity contribution in [1.29, 1.82) is 5.26 Å². The molecule has 1 aliphatic carbocycles. The van der Waals surface area contributed by atoms with Crippen LogP contribution < -0.4 is 10.1 Å². The number of carbonyl (C=O) groups is 3. The molecule has 3 amide bonds. The molecular formula is C29H29FN4O4. The van der Waals surface area contributed by atoms with Gasteiger partial charge in [-0.1, -0.05) is 12.5 Å². The maximum absolute atomic E-state index is 14.1. The molecule has 38 heavy (non-hydrogen) atoms. The second kappa shape index (κ2) is 9.84. The van der Waals surface area contributed by atoms with Crippen LogP contribution in [-0.2, 0) is 16.1 Å². The molecule has 3 atom stereocenters. The first kappa shape index (κ1) is 24.6. The Morgan fingerprint density at radius 2 is 1.84 bits per heavy atom. The van der Waals surface area contributed by atoms with E-state index in [0.717, 1.165) is 49.9 Å². The van der Waals surface area contributed by atoms with Gasteiger partial charge in [0, 0.05) is 43.6 Å². The molecule has 0 spiro atoms. The number of imide groups is 1. The maximum atomic E-state index is 14.1. The van der Waals surface area contributed by atoms with Crippen LogP contribution in [-0.4, -0.2) is 58.8 Å². The van der Waals surface area contributed by atoms with Crippen molar-refractivity contribution in [3.05, 3.63) is 64.5 Å². The summed E-state index contributed by atoms with van der Waals surface area (Å²) < 4.78 is 20.6. The molecule has 0 radical (unpaired) electrons. The lowest BCUT2D eigenvalue weighted by Gasteiger charge is -2.48. The summed E-state index contributed by atoms with van der Waals surface area (Å²) in [6.07, 6.45) is 4.78. The number of benzene rings is 2. The lowest BCUT2D eigenvalue weighted by atomic mass is 9.84. The SMILES string of the molecule is N#Cc1ccc(C2CN([C@@H]3CCCC[C@H]3Oc3ccc4c(c3)CN([C@@H]3CCC(=O)NC3=O)C4=O)C2)cc1F. The van der Waals surface area contributed by atoms with E-state index in [2.05, 4.69) is 10.2 Å². The second-order valence-electron chi connectivity index (χ2n) is 10.7. The quantitative estimate of drug-likeness (QED) is 0.612. The van der Waals surface area contributed by atoms with Gasteiger partial charge in [-0.2, -0.15) is 5.26 Å². The summed E-state index contributed by atoms with van der Waals surface area (Å²) in [5, 5.41) is 11.3. The third kappa shape index (κ3) is 4.43. The Kier molecular flexibility index (Phi) is 6.36. The molecule has 3 fully saturated rings. The Labute approximate surface area is 220 Å². The Balaban J connectivity index is 1.11. The van der Waals surface area contributed by atoms with E-state index in [1.807, 2.05) is 24.3 Å². The monoisotopic (exact) mass is 516 g/mol. The number of nitriles is 1. The number of nitrogens with one attached hydrogen (secondary N) is 1. The number of fused-ring (bicyclic) bond motifs is 1. The van der Waals surface area contributed by atoms with Crippen LogP contribution >= 0.6 is 0 Å². The minimum atomic E-state index is -0.636. The number of piperidine rings is 1. The van der Waals surface area contributed by atoms with Crippen LogP contribution in [0.15, 0.2) is 36.4 Å². The number of nitrogens with zero attached hydrogens (tertiary/aromatic N) is 3. The average molecular weight is 517 g/mol. The van der Waals surface area contributed by atoms with E-state index in [1.165, 1.54) is 6.07 Å². The molecule has 2 aromatic rings. The van der Waals surface area contributed by atoms with Gasteiger partial charge in [-0.15, -0.1) is 0 Å². The molecule has 0 unspecified atom stereocenters. The highest BCUT2D eigenvalue weighted by atomic mass is 19.1. The fourth-order valence-corrected chi connectivity index (χ4v) is 6.30. The van der Waals surface area contributed by atoms with E-state index in [1.54, 1.807) is 17.0 Å². The average Bonchev–Trinajstić information content (AvgIpc) is 3.19. The van der Waals surface area contributed by atoms with Crippen LogP contribution in [0.25, 0.3) is 0 Å². The smallest absolute Gasteiger partial charge is 0.255 e. The van der Waals surface area contributed by atoms with Crippen LogP contribution in [0.5, 0.6) is 5.75 Å². The van der Waals surface area contributed by atoms with Gasteiger partial charge in [-0.25, -0.2) is 4.39 Å². The normalized spacial score (nSPS) is 25.9. The van der Waals surface area contributed by atoms with Crippen molar-refractivity contribution in [1.82, 2.24) is 15.1 Å². The molecule has 8 nitrogen and oxygen atoms in total. The summed E-state index contributed by atoms with van der Waals surface area (Å²) in [6.45, 7) is 1.98. The number of carbonyl (C=O) groups excluding carboxylic acids is 3. The molecule has 9 heteroatoms. The van der Waals surface area contributed by atoms with Crippen LogP contribution in [0, 0.1) is 17.1 Å². The standard InChI is InChI=1S/C29H29FN4O4/c30-23-12-17(5-6-18(23)13-31)20-14-33(15-20)24-3-1-2-4-26(24)38-21-7-8-22-19(11-21)16-34(29(22)37)25-9-10-27(35)32-28(25)36/h5-8,11-12,20,24-26H,1-4,9-10,14-16H2,(H,32,35,36)/t24-,25-,26-/m1/s1. The van der Waals surface area contributed by atoms with E-state index in [4.69, 9.17) is 10.00 Å². The Morgan fingerprint density at radius 3 is 2.61 bits per heavy atom. The van der Waals surface area contributed by atoms with Crippen molar-refractivity contribution >= 4 is 17.7 Å². The molecule has 2 saturated heterocycles. The summed E-state index contributed by atoms with van der Waals surface area (Å²) in [6, 6.07) is 11.9. The van der Waals surface area contributed by atoms with Gasteiger partial charge in [0.15, 0.2) is 0 Å². The lowest BCUT2D eigenvalue weighted by Crippen LogP contribution is -2.57. The van der Waals surface area contributed by atoms with Crippen molar-refractivity contribution in [2.45, 2.75) is 69.2 Å². The number of hydrogen-bond acceptors (Lipinski definition) is 6. The number of hydrogen-bond donors (Lipinski definition) is 1. The first-order valence-corrected chi connectivity index (χ1v) is 13.3. The zero-order valence-corrected chi connectivity index (χ0v) is 21.0. The third-order valence-electron chi connectivity index (χ3n) is 8.41. The number of ether oxygens (including phenoxy) is 1. The van der Waals surface area contributed by atoms with Crippen LogP contribution in [0.4, 0.5) is 4.39 Å². The van der Waals surface area contributed by atoms with Crippen LogP contribution in [0.3, 0.4) is 0 Å². The Morgan fingerprint density at radius 1 is 1.03 bits per heavy atom. The molecular weight excluding hydrogens is 487 g/mol. The second-order valence-corrected chi connectivity index (χ2v) is 10.7. The number of rotatable bonds is 5. The minimum absolute atomic E-state index is 0.0174. The predicted octanol–water partition coefficient (Wildman–Crippen LogP) is 3.25. The molecule has 4 aliphatic rings. The fraction of sp³-hybridized carbons (Fsp3) is 0.448. The van der Waals surface area contributed by atoms with E-state index >= 15 is 0 Å². The molecule has 0 bridgehead atoms. The van der Waals surface area contributed by atoms with E-state index < -0.39 is 17.8 Å². The van der Waals surface area contributed by atoms with Gasteiger partial charge < -0.3 is 9.64 Å². The molecule has 0 aromatic heterocycles. The van der Waals surface area contributed by atoms with Crippen LogP contribution in [0.1, 0.15) is 71.5 Å². The van der Waals surface area contributed by atoms with E-state index in [0.29, 0.717) is 24.3 Å². The minimum Gasteiger partial charge on any atom is -0.489 e. The van der Waals surface area contributed by atoms with E-state index in [9.17, 15) is 18.8 Å². The largest absolute Gasteiger partial charge is 0.489 e. The highest BCUT2D eigenvalue weighted by Crippen LogP contribution is 2.37. The summed E-state index contributed by atoms with van der Waals surface area (Å²) in [5.74, 6) is -0.420. The van der Waals surface area contributed by atoms with Crippen molar-refractivity contribution in [2.75, 3.05) is 13.1 Å². The van der Waals surface area contributed by atoms with Crippen molar-refractivity contribution < 1.29 is 23.5 Å². The topological polar surface area (TPSA) is 103 Å². The predicted molar refractivity (Wildman–Crippen MR) is 135 cm³/mol. The molecule has 1 saturated carbocycles. The van der Waals surface area contributed by atoms with Gasteiger partial charge in [0.2, 0.25) is 11.8 Å². The summed E-state index contributed by atoms with van der Waals surface area (Å²) in [7, 11) is 0. The zero-order valence-electron chi connectivity index (χ0n) is 21.0.